The van der Waals surface area contributed by atoms with Gasteiger partial charge in [-0.05, 0) is 92.4 Å². The number of para-hydroxylation sites is 1. The number of benzene rings is 2. The largest absolute Gasteiger partial charge is 0.444 e. The normalized spacial score (nSPS) is 19.6. The van der Waals surface area contributed by atoms with Gasteiger partial charge in [0.15, 0.2) is 11.5 Å². The molecule has 0 unspecified atom stereocenters. The van der Waals surface area contributed by atoms with E-state index in [1.54, 1.807) is 31.5 Å². The van der Waals surface area contributed by atoms with Gasteiger partial charge in [-0.3, -0.25) is 14.9 Å². The second-order valence-electron chi connectivity index (χ2n) is 10.2. The van der Waals surface area contributed by atoms with Crippen molar-refractivity contribution in [3.8, 4) is 22.6 Å². The van der Waals surface area contributed by atoms with Gasteiger partial charge in [0.05, 0.1) is 11.3 Å². The first-order valence-electron chi connectivity index (χ1n) is 12.9. The van der Waals surface area contributed by atoms with E-state index in [-0.39, 0.29) is 0 Å². The van der Waals surface area contributed by atoms with Gasteiger partial charge in [-0.1, -0.05) is 23.7 Å². The fraction of sp³-hybridized carbons (Fsp3) is 0.290. The lowest BCUT2D eigenvalue weighted by Gasteiger charge is -2.32. The zero-order valence-corrected chi connectivity index (χ0v) is 22.2. The van der Waals surface area contributed by atoms with Crippen molar-refractivity contribution in [3.05, 3.63) is 106 Å². The third-order valence-electron chi connectivity index (χ3n) is 7.63. The van der Waals surface area contributed by atoms with Crippen LogP contribution in [0.15, 0.2) is 73.2 Å². The highest BCUT2D eigenvalue weighted by Crippen LogP contribution is 2.49. The van der Waals surface area contributed by atoms with E-state index >= 15 is 0 Å². The second-order valence-corrected chi connectivity index (χ2v) is 10.7. The van der Waals surface area contributed by atoms with Gasteiger partial charge >= 0.3 is 0 Å². The molecular formula is C31H29ClFN3O2. The summed E-state index contributed by atoms with van der Waals surface area (Å²) in [5, 5.41) is 0.341. The minimum absolute atomic E-state index is 0.330. The van der Waals surface area contributed by atoms with Gasteiger partial charge in [-0.2, -0.15) is 0 Å². The molecule has 0 N–H and O–H groups in total. The number of hydrogen-bond donors (Lipinski definition) is 0. The van der Waals surface area contributed by atoms with Gasteiger partial charge in [0.1, 0.15) is 5.82 Å². The summed E-state index contributed by atoms with van der Waals surface area (Å²) in [6.07, 6.45) is 7.56. The molecule has 0 radical (unpaired) electrons. The van der Waals surface area contributed by atoms with E-state index in [4.69, 9.17) is 26.1 Å². The third kappa shape index (κ3) is 4.74. The molecule has 2 aliphatic rings. The minimum atomic E-state index is -1.24. The Hall–Kier alpha value is -3.48. The zero-order chi connectivity index (χ0) is 26.3. The first-order valence-corrected chi connectivity index (χ1v) is 13.3. The van der Waals surface area contributed by atoms with Crippen molar-refractivity contribution in [1.29, 1.82) is 0 Å². The van der Waals surface area contributed by atoms with Gasteiger partial charge in [0, 0.05) is 48.2 Å². The molecule has 4 aromatic rings. The number of piperidine rings is 1. The Kier molecular flexibility index (Phi) is 6.54. The quantitative estimate of drug-likeness (QED) is 0.272. The molecule has 1 atom stereocenters. The van der Waals surface area contributed by atoms with Crippen molar-refractivity contribution in [3.63, 3.8) is 0 Å². The summed E-state index contributed by atoms with van der Waals surface area (Å²) in [6, 6.07) is 16.8. The second kappa shape index (κ2) is 10.0. The van der Waals surface area contributed by atoms with Gasteiger partial charge < -0.3 is 9.47 Å². The van der Waals surface area contributed by atoms with E-state index in [1.807, 2.05) is 30.5 Å². The fourth-order valence-corrected chi connectivity index (χ4v) is 5.68. The number of aryl methyl sites for hydroxylation is 1. The Morgan fingerprint density at radius 3 is 2.55 bits per heavy atom. The van der Waals surface area contributed by atoms with Crippen molar-refractivity contribution >= 4 is 11.6 Å². The maximum atomic E-state index is 14.7. The number of halogens is 2. The lowest BCUT2D eigenvalue weighted by Crippen LogP contribution is -2.34. The molecule has 1 fully saturated rings. The Morgan fingerprint density at radius 2 is 1.82 bits per heavy atom. The molecule has 2 aliphatic heterocycles. The predicted molar refractivity (Wildman–Crippen MR) is 146 cm³/mol. The van der Waals surface area contributed by atoms with Gasteiger partial charge in [0.25, 0.3) is 5.79 Å². The molecule has 0 spiro atoms. The Bertz CT molecular complexity index is 1470. The molecule has 0 aliphatic carbocycles. The number of hydrogen-bond acceptors (Lipinski definition) is 5. The number of aromatic nitrogens is 2. The molecule has 0 saturated carbocycles. The first-order chi connectivity index (χ1) is 18.4. The predicted octanol–water partition coefficient (Wildman–Crippen LogP) is 7.27. The number of rotatable bonds is 5. The Labute approximate surface area is 227 Å². The van der Waals surface area contributed by atoms with E-state index in [0.29, 0.717) is 28.0 Å². The third-order valence-corrected chi connectivity index (χ3v) is 7.87. The molecule has 194 valence electrons. The van der Waals surface area contributed by atoms with Crippen molar-refractivity contribution in [2.45, 2.75) is 44.9 Å². The summed E-state index contributed by atoms with van der Waals surface area (Å²) in [4.78, 5) is 11.4. The zero-order valence-electron chi connectivity index (χ0n) is 21.5. The molecule has 2 aromatic heterocycles. The lowest BCUT2D eigenvalue weighted by atomic mass is 9.88. The Morgan fingerprint density at radius 1 is 1.03 bits per heavy atom. The summed E-state index contributed by atoms with van der Waals surface area (Å²) in [7, 11) is 0. The fourth-order valence-electron chi connectivity index (χ4n) is 5.52. The molecule has 5 nitrogen and oxygen atoms in total. The topological polar surface area (TPSA) is 47.5 Å². The maximum Gasteiger partial charge on any atom is 0.278 e. The van der Waals surface area contributed by atoms with Crippen molar-refractivity contribution < 1.29 is 13.9 Å². The van der Waals surface area contributed by atoms with Gasteiger partial charge in [-0.25, -0.2) is 4.39 Å². The van der Waals surface area contributed by atoms with Crippen LogP contribution < -0.4 is 9.47 Å². The van der Waals surface area contributed by atoms with Crippen LogP contribution in [-0.2, 0) is 12.3 Å². The number of ether oxygens (including phenoxy) is 2. The molecule has 4 heterocycles. The van der Waals surface area contributed by atoms with Gasteiger partial charge in [-0.15, -0.1) is 0 Å². The highest BCUT2D eigenvalue weighted by Gasteiger charge is 2.42. The summed E-state index contributed by atoms with van der Waals surface area (Å²) in [5.41, 5.74) is 5.99. The van der Waals surface area contributed by atoms with E-state index in [0.717, 1.165) is 54.9 Å². The molecule has 38 heavy (non-hydrogen) atoms. The van der Waals surface area contributed by atoms with Crippen molar-refractivity contribution in [2.24, 2.45) is 0 Å². The highest BCUT2D eigenvalue weighted by molar-refractivity contribution is 6.30. The maximum absolute atomic E-state index is 14.7. The van der Waals surface area contributed by atoms with Crippen LogP contribution in [0.5, 0.6) is 11.5 Å². The van der Waals surface area contributed by atoms with E-state index in [1.165, 1.54) is 11.6 Å². The first kappa shape index (κ1) is 24.8. The summed E-state index contributed by atoms with van der Waals surface area (Å²) in [6.45, 7) is 6.64. The lowest BCUT2D eigenvalue weighted by molar-refractivity contribution is -0.0712. The smallest absolute Gasteiger partial charge is 0.278 e. The van der Waals surface area contributed by atoms with Crippen LogP contribution in [0.25, 0.3) is 11.1 Å². The standard InChI is InChI=1S/C31H29ClFN3O2/c1-20-16-23(21-8-12-34-13-9-21)18-35-28(20)19-36-14-10-22(11-15-36)25-4-3-5-29-30(25)38-31(2,37-29)26-7-6-24(32)17-27(26)33/h3-9,12-13,16-18,22H,10-11,14-15,19H2,1-2H3/t31-/m1/s1. The van der Waals surface area contributed by atoms with Crippen molar-refractivity contribution in [2.75, 3.05) is 13.1 Å². The van der Waals surface area contributed by atoms with Crippen LogP contribution in [0.2, 0.25) is 5.02 Å². The highest BCUT2D eigenvalue weighted by atomic mass is 35.5. The average molecular weight is 530 g/mol. The molecule has 0 bridgehead atoms. The molecule has 7 heteroatoms. The van der Waals surface area contributed by atoms with Crippen LogP contribution >= 0.6 is 11.6 Å². The Balaban J connectivity index is 1.13. The van der Waals surface area contributed by atoms with Crippen LogP contribution in [0.4, 0.5) is 4.39 Å². The number of pyridine rings is 2. The number of fused-ring (bicyclic) bond motifs is 1. The minimum Gasteiger partial charge on any atom is -0.444 e. The number of nitrogens with zero attached hydrogens (tertiary/aromatic N) is 3. The van der Waals surface area contributed by atoms with E-state index < -0.39 is 11.6 Å². The SMILES string of the molecule is Cc1cc(-c2ccncc2)cnc1CN1CCC(c2cccc3c2O[C@](C)(c2ccc(Cl)cc2F)O3)CC1. The monoisotopic (exact) mass is 529 g/mol. The average Bonchev–Trinajstić information content (AvgIpc) is 3.28. The number of likely N-dealkylation sites (tertiary alicyclic amines) is 1. The van der Waals surface area contributed by atoms with E-state index in [2.05, 4.69) is 28.9 Å². The van der Waals surface area contributed by atoms with Crippen LogP contribution in [0.3, 0.4) is 0 Å². The molecular weight excluding hydrogens is 501 g/mol. The molecule has 0 amide bonds. The summed E-state index contributed by atoms with van der Waals surface area (Å²) in [5.74, 6) is 0.0213. The van der Waals surface area contributed by atoms with Crippen LogP contribution in [0, 0.1) is 12.7 Å². The summed E-state index contributed by atoms with van der Waals surface area (Å²) >= 11 is 5.96. The van der Waals surface area contributed by atoms with Crippen LogP contribution in [0.1, 0.15) is 48.1 Å². The van der Waals surface area contributed by atoms with Crippen LogP contribution in [-0.4, -0.2) is 28.0 Å². The van der Waals surface area contributed by atoms with Crippen molar-refractivity contribution in [1.82, 2.24) is 14.9 Å². The summed E-state index contributed by atoms with van der Waals surface area (Å²) < 4.78 is 27.2. The van der Waals surface area contributed by atoms with Gasteiger partial charge in [0.2, 0.25) is 0 Å². The van der Waals surface area contributed by atoms with E-state index in [9.17, 15) is 4.39 Å². The molecule has 2 aromatic carbocycles. The molecule has 6 rings (SSSR count). The molecule has 1 saturated heterocycles.